The van der Waals surface area contributed by atoms with Gasteiger partial charge in [0.2, 0.25) is 5.91 Å². The summed E-state index contributed by atoms with van der Waals surface area (Å²) in [5, 5.41) is 11.1. The largest absolute Gasteiger partial charge is 0.478 e. The number of benzene rings is 1. The van der Waals surface area contributed by atoms with E-state index in [0.29, 0.717) is 17.8 Å². The molecule has 0 atom stereocenters. The molecular formula is C14H17FN2O3. The van der Waals surface area contributed by atoms with E-state index in [0.717, 1.165) is 6.08 Å². The molecule has 6 heteroatoms. The molecule has 0 aliphatic rings. The molecular weight excluding hydrogens is 263 g/mol. The summed E-state index contributed by atoms with van der Waals surface area (Å²) in [7, 11) is 1.53. The van der Waals surface area contributed by atoms with Crippen LogP contribution >= 0.6 is 0 Å². The van der Waals surface area contributed by atoms with Crippen molar-refractivity contribution in [2.45, 2.75) is 6.92 Å². The van der Waals surface area contributed by atoms with Crippen molar-refractivity contribution in [1.29, 1.82) is 0 Å². The van der Waals surface area contributed by atoms with Gasteiger partial charge in [-0.15, -0.1) is 0 Å². The van der Waals surface area contributed by atoms with Crippen LogP contribution in [0.4, 0.5) is 10.1 Å². The lowest BCUT2D eigenvalue weighted by molar-refractivity contribution is -0.131. The number of anilines is 1. The fourth-order valence-electron chi connectivity index (χ4n) is 1.68. The molecule has 0 unspecified atom stereocenters. The van der Waals surface area contributed by atoms with E-state index in [4.69, 9.17) is 5.11 Å². The number of carboxylic acids is 1. The Labute approximate surface area is 116 Å². The van der Waals surface area contributed by atoms with Crippen molar-refractivity contribution in [3.8, 4) is 0 Å². The first-order chi connectivity index (χ1) is 9.46. The van der Waals surface area contributed by atoms with Crippen molar-refractivity contribution in [1.82, 2.24) is 5.32 Å². The van der Waals surface area contributed by atoms with E-state index >= 15 is 0 Å². The Kier molecular flexibility index (Phi) is 5.71. The molecule has 0 saturated carbocycles. The minimum atomic E-state index is -1.10. The molecule has 0 radical (unpaired) electrons. The van der Waals surface area contributed by atoms with E-state index in [1.54, 1.807) is 11.0 Å². The van der Waals surface area contributed by atoms with E-state index in [-0.39, 0.29) is 12.5 Å². The monoisotopic (exact) mass is 280 g/mol. The zero-order valence-corrected chi connectivity index (χ0v) is 11.4. The second-order valence-electron chi connectivity index (χ2n) is 4.10. The number of aliphatic carboxylic acids is 1. The first kappa shape index (κ1) is 15.7. The van der Waals surface area contributed by atoms with Gasteiger partial charge in [-0.25, -0.2) is 9.18 Å². The van der Waals surface area contributed by atoms with Crippen LogP contribution in [0.2, 0.25) is 0 Å². The quantitative estimate of drug-likeness (QED) is 0.775. The molecule has 0 aromatic heterocycles. The molecule has 0 spiro atoms. The number of rotatable bonds is 6. The van der Waals surface area contributed by atoms with Crippen LogP contribution in [0.25, 0.3) is 6.08 Å². The zero-order valence-electron chi connectivity index (χ0n) is 11.4. The SMILES string of the molecule is CCN(CC(=O)NC)c1cc(F)cc(/C=C/C(=O)O)c1. The standard InChI is InChI=1S/C14H17FN2O3/c1-3-17(9-13(18)16-2)12-7-10(4-5-14(19)20)6-11(15)8-12/h4-8H,3,9H2,1-2H3,(H,16,18)(H,19,20)/b5-4+. The summed E-state index contributed by atoms with van der Waals surface area (Å²) >= 11 is 0. The Bertz CT molecular complexity index is 529. The van der Waals surface area contributed by atoms with Gasteiger partial charge >= 0.3 is 5.97 Å². The Morgan fingerprint density at radius 3 is 2.65 bits per heavy atom. The molecule has 1 amide bonds. The van der Waals surface area contributed by atoms with E-state index < -0.39 is 11.8 Å². The molecule has 1 aromatic carbocycles. The summed E-state index contributed by atoms with van der Waals surface area (Å²) in [6, 6.07) is 4.18. The second-order valence-corrected chi connectivity index (χ2v) is 4.10. The van der Waals surface area contributed by atoms with Crippen LogP contribution in [-0.2, 0) is 9.59 Å². The van der Waals surface area contributed by atoms with Gasteiger partial charge in [0, 0.05) is 25.4 Å². The lowest BCUT2D eigenvalue weighted by atomic mass is 10.1. The molecule has 0 aliphatic carbocycles. The summed E-state index contributed by atoms with van der Waals surface area (Å²) < 4.78 is 13.6. The third kappa shape index (κ3) is 4.72. The fourth-order valence-corrected chi connectivity index (χ4v) is 1.68. The molecule has 1 aromatic rings. The summed E-state index contributed by atoms with van der Waals surface area (Å²) in [5.74, 6) is -1.77. The molecule has 0 saturated heterocycles. The first-order valence-corrected chi connectivity index (χ1v) is 6.13. The Morgan fingerprint density at radius 1 is 1.40 bits per heavy atom. The van der Waals surface area contributed by atoms with Crippen molar-refractivity contribution >= 4 is 23.6 Å². The highest BCUT2D eigenvalue weighted by Crippen LogP contribution is 2.19. The summed E-state index contributed by atoms with van der Waals surface area (Å²) in [6.07, 6.45) is 2.25. The molecule has 1 rings (SSSR count). The van der Waals surface area contributed by atoms with Gasteiger partial charge in [-0.05, 0) is 36.8 Å². The lowest BCUT2D eigenvalue weighted by Crippen LogP contribution is -2.35. The number of likely N-dealkylation sites (N-methyl/N-ethyl adjacent to an activating group) is 2. The van der Waals surface area contributed by atoms with Crippen molar-refractivity contribution in [2.75, 3.05) is 25.0 Å². The van der Waals surface area contributed by atoms with Crippen molar-refractivity contribution in [3.05, 3.63) is 35.7 Å². The van der Waals surface area contributed by atoms with E-state index in [2.05, 4.69) is 5.32 Å². The van der Waals surface area contributed by atoms with Crippen molar-refractivity contribution < 1.29 is 19.1 Å². The second kappa shape index (κ2) is 7.28. The number of amides is 1. The summed E-state index contributed by atoms with van der Waals surface area (Å²) in [4.78, 5) is 23.6. The number of hydrogen-bond donors (Lipinski definition) is 2. The number of hydrogen-bond acceptors (Lipinski definition) is 3. The number of nitrogens with zero attached hydrogens (tertiary/aromatic N) is 1. The minimum absolute atomic E-state index is 0.110. The molecule has 108 valence electrons. The van der Waals surface area contributed by atoms with E-state index in [1.807, 2.05) is 6.92 Å². The van der Waals surface area contributed by atoms with Crippen molar-refractivity contribution in [3.63, 3.8) is 0 Å². The number of carbonyl (C=O) groups is 2. The number of nitrogens with one attached hydrogen (secondary N) is 1. The van der Waals surface area contributed by atoms with Gasteiger partial charge in [-0.2, -0.15) is 0 Å². The van der Waals surface area contributed by atoms with Gasteiger partial charge < -0.3 is 15.3 Å². The maximum absolute atomic E-state index is 13.6. The highest BCUT2D eigenvalue weighted by Gasteiger charge is 2.10. The normalized spacial score (nSPS) is 10.6. The highest BCUT2D eigenvalue weighted by atomic mass is 19.1. The molecule has 0 heterocycles. The third-order valence-corrected chi connectivity index (χ3v) is 2.68. The Hall–Kier alpha value is -2.37. The maximum Gasteiger partial charge on any atom is 0.328 e. The molecule has 20 heavy (non-hydrogen) atoms. The smallest absolute Gasteiger partial charge is 0.328 e. The molecule has 0 bridgehead atoms. The predicted molar refractivity (Wildman–Crippen MR) is 75.0 cm³/mol. The Balaban J connectivity index is 3.03. The lowest BCUT2D eigenvalue weighted by Gasteiger charge is -2.22. The number of halogens is 1. The van der Waals surface area contributed by atoms with Crippen LogP contribution in [0.15, 0.2) is 24.3 Å². The van der Waals surface area contributed by atoms with Crippen LogP contribution in [0.3, 0.4) is 0 Å². The molecule has 5 nitrogen and oxygen atoms in total. The summed E-state index contributed by atoms with van der Waals surface area (Å²) in [6.45, 7) is 2.48. The topological polar surface area (TPSA) is 69.6 Å². The highest BCUT2D eigenvalue weighted by molar-refractivity contribution is 5.85. The number of carbonyl (C=O) groups excluding carboxylic acids is 1. The fraction of sp³-hybridized carbons (Fsp3) is 0.286. The van der Waals surface area contributed by atoms with Gasteiger partial charge in [-0.3, -0.25) is 4.79 Å². The maximum atomic E-state index is 13.6. The average Bonchev–Trinajstić information content (AvgIpc) is 2.41. The molecule has 2 N–H and O–H groups in total. The van der Waals surface area contributed by atoms with Gasteiger partial charge in [0.1, 0.15) is 5.82 Å². The van der Waals surface area contributed by atoms with Crippen LogP contribution in [0.1, 0.15) is 12.5 Å². The van der Waals surface area contributed by atoms with E-state index in [1.165, 1.54) is 25.3 Å². The summed E-state index contributed by atoms with van der Waals surface area (Å²) in [5.41, 5.74) is 0.957. The van der Waals surface area contributed by atoms with Gasteiger partial charge in [0.15, 0.2) is 0 Å². The van der Waals surface area contributed by atoms with E-state index in [9.17, 15) is 14.0 Å². The zero-order chi connectivity index (χ0) is 15.1. The van der Waals surface area contributed by atoms with Crippen LogP contribution in [0, 0.1) is 5.82 Å². The van der Waals surface area contributed by atoms with Crippen LogP contribution in [-0.4, -0.2) is 37.1 Å². The van der Waals surface area contributed by atoms with Gasteiger partial charge in [-0.1, -0.05) is 0 Å². The molecule has 0 fully saturated rings. The minimum Gasteiger partial charge on any atom is -0.478 e. The third-order valence-electron chi connectivity index (χ3n) is 2.68. The van der Waals surface area contributed by atoms with Crippen molar-refractivity contribution in [2.24, 2.45) is 0 Å². The molecule has 0 aliphatic heterocycles. The van der Waals surface area contributed by atoms with Crippen LogP contribution < -0.4 is 10.2 Å². The van der Waals surface area contributed by atoms with Gasteiger partial charge in [0.25, 0.3) is 0 Å². The van der Waals surface area contributed by atoms with Gasteiger partial charge in [0.05, 0.1) is 6.54 Å². The van der Waals surface area contributed by atoms with Crippen LogP contribution in [0.5, 0.6) is 0 Å². The Morgan fingerprint density at radius 2 is 2.10 bits per heavy atom. The average molecular weight is 280 g/mol. The number of carboxylic acid groups (broad SMARTS) is 1. The predicted octanol–water partition coefficient (Wildman–Crippen LogP) is 1.50. The first-order valence-electron chi connectivity index (χ1n) is 6.13.